The van der Waals surface area contributed by atoms with Crippen LogP contribution in [0.5, 0.6) is 0 Å². The fourth-order valence-corrected chi connectivity index (χ4v) is 3.09. The minimum absolute atomic E-state index is 0.0515. The molecule has 0 radical (unpaired) electrons. The van der Waals surface area contributed by atoms with E-state index in [1.807, 2.05) is 35.0 Å². The molecule has 2 amide bonds. The van der Waals surface area contributed by atoms with Crippen LogP contribution in [0.3, 0.4) is 0 Å². The summed E-state index contributed by atoms with van der Waals surface area (Å²) >= 11 is 0. The third kappa shape index (κ3) is 4.16. The number of aromatic nitrogens is 4. The molecule has 0 spiro atoms. The average Bonchev–Trinajstić information content (AvgIpc) is 3.03. The highest BCUT2D eigenvalue weighted by atomic mass is 16.2. The quantitative estimate of drug-likeness (QED) is 0.665. The predicted molar refractivity (Wildman–Crippen MR) is 100 cm³/mol. The van der Waals surface area contributed by atoms with Crippen molar-refractivity contribution in [3.8, 4) is 0 Å². The number of pyridine rings is 1. The van der Waals surface area contributed by atoms with Crippen LogP contribution in [0.25, 0.3) is 5.65 Å². The van der Waals surface area contributed by atoms with Crippen LogP contribution in [0.15, 0.2) is 43.0 Å². The third-order valence-electron chi connectivity index (χ3n) is 4.75. The van der Waals surface area contributed by atoms with Gasteiger partial charge >= 0.3 is 0 Å². The Morgan fingerprint density at radius 3 is 2.93 bits per heavy atom. The molecule has 2 unspecified atom stereocenters. The predicted octanol–water partition coefficient (Wildman–Crippen LogP) is 1.68. The minimum Gasteiger partial charge on any atom is -0.355 e. The number of fused-ring (bicyclic) bond motifs is 1. The molecule has 3 aromatic rings. The fraction of sp³-hybridized carbons (Fsp3) is 0.368. The second kappa shape index (κ2) is 7.22. The molecule has 8 nitrogen and oxygen atoms in total. The zero-order valence-corrected chi connectivity index (χ0v) is 15.1. The monoisotopic (exact) mass is 366 g/mol. The van der Waals surface area contributed by atoms with Gasteiger partial charge in [0.25, 0.3) is 0 Å². The SMILES string of the molecule is CC1CC1C(=O)NCCC(=O)Nc1cnn(Cc2cn3ccccc3n2)c1. The van der Waals surface area contributed by atoms with Crippen molar-refractivity contribution in [2.75, 3.05) is 11.9 Å². The highest BCUT2D eigenvalue weighted by Gasteiger charge is 2.38. The lowest BCUT2D eigenvalue weighted by atomic mass is 10.3. The molecule has 0 aromatic carbocycles. The van der Waals surface area contributed by atoms with E-state index in [4.69, 9.17) is 0 Å². The molecule has 3 aromatic heterocycles. The van der Waals surface area contributed by atoms with Crippen molar-refractivity contribution in [1.29, 1.82) is 0 Å². The molecule has 1 fully saturated rings. The van der Waals surface area contributed by atoms with Crippen LogP contribution in [0.2, 0.25) is 0 Å². The summed E-state index contributed by atoms with van der Waals surface area (Å²) in [7, 11) is 0. The summed E-state index contributed by atoms with van der Waals surface area (Å²) in [5.41, 5.74) is 2.40. The summed E-state index contributed by atoms with van der Waals surface area (Å²) < 4.78 is 3.69. The van der Waals surface area contributed by atoms with Gasteiger partial charge in [-0.25, -0.2) is 4.98 Å². The van der Waals surface area contributed by atoms with E-state index in [2.05, 4.69) is 27.6 Å². The summed E-state index contributed by atoms with van der Waals surface area (Å²) in [6.07, 6.45) is 8.47. The van der Waals surface area contributed by atoms with Crippen molar-refractivity contribution in [2.45, 2.75) is 26.3 Å². The van der Waals surface area contributed by atoms with Crippen LogP contribution >= 0.6 is 0 Å². The van der Waals surface area contributed by atoms with Crippen LogP contribution in [0, 0.1) is 11.8 Å². The molecule has 4 rings (SSSR count). The summed E-state index contributed by atoms with van der Waals surface area (Å²) in [6.45, 7) is 2.93. The molecule has 2 N–H and O–H groups in total. The summed E-state index contributed by atoms with van der Waals surface area (Å²) in [6, 6.07) is 5.84. The topological polar surface area (TPSA) is 93.3 Å². The van der Waals surface area contributed by atoms with E-state index in [0.29, 0.717) is 24.7 Å². The normalized spacial score (nSPS) is 18.4. The molecule has 0 aliphatic heterocycles. The number of rotatable bonds is 7. The summed E-state index contributed by atoms with van der Waals surface area (Å²) in [5.74, 6) is 0.505. The van der Waals surface area contributed by atoms with Crippen LogP contribution in [-0.2, 0) is 16.1 Å². The van der Waals surface area contributed by atoms with Gasteiger partial charge in [0.1, 0.15) is 5.65 Å². The van der Waals surface area contributed by atoms with Crippen LogP contribution < -0.4 is 10.6 Å². The Kier molecular flexibility index (Phi) is 4.62. The van der Waals surface area contributed by atoms with Crippen LogP contribution in [-0.4, -0.2) is 37.5 Å². The number of anilines is 1. The number of amides is 2. The van der Waals surface area contributed by atoms with Gasteiger partial charge in [-0.05, 0) is 24.5 Å². The Labute approximate surface area is 156 Å². The van der Waals surface area contributed by atoms with E-state index in [1.165, 1.54) is 0 Å². The van der Waals surface area contributed by atoms with E-state index >= 15 is 0 Å². The maximum absolute atomic E-state index is 12.0. The van der Waals surface area contributed by atoms with Gasteiger partial charge in [-0.3, -0.25) is 14.3 Å². The van der Waals surface area contributed by atoms with Gasteiger partial charge in [0.2, 0.25) is 11.8 Å². The van der Waals surface area contributed by atoms with E-state index in [-0.39, 0.29) is 24.2 Å². The third-order valence-corrected chi connectivity index (χ3v) is 4.75. The lowest BCUT2D eigenvalue weighted by molar-refractivity contribution is -0.122. The number of hydrogen-bond acceptors (Lipinski definition) is 4. The maximum atomic E-state index is 12.0. The maximum Gasteiger partial charge on any atom is 0.226 e. The Bertz CT molecular complexity index is 942. The molecule has 2 atom stereocenters. The smallest absolute Gasteiger partial charge is 0.226 e. The van der Waals surface area contributed by atoms with Gasteiger partial charge in [0.05, 0.1) is 24.1 Å². The van der Waals surface area contributed by atoms with E-state index in [0.717, 1.165) is 17.8 Å². The summed E-state index contributed by atoms with van der Waals surface area (Å²) in [4.78, 5) is 28.3. The van der Waals surface area contributed by atoms with Crippen molar-refractivity contribution in [3.63, 3.8) is 0 Å². The molecule has 1 aliphatic carbocycles. The Morgan fingerprint density at radius 2 is 2.15 bits per heavy atom. The van der Waals surface area contributed by atoms with Gasteiger partial charge in [0.15, 0.2) is 0 Å². The number of nitrogens with one attached hydrogen (secondary N) is 2. The molecule has 27 heavy (non-hydrogen) atoms. The first-order chi connectivity index (χ1) is 13.1. The zero-order valence-electron chi connectivity index (χ0n) is 15.1. The second-order valence-corrected chi connectivity index (χ2v) is 7.03. The molecule has 0 saturated heterocycles. The molecule has 140 valence electrons. The van der Waals surface area contributed by atoms with E-state index in [9.17, 15) is 9.59 Å². The molecule has 3 heterocycles. The molecular formula is C19H22N6O2. The fourth-order valence-electron chi connectivity index (χ4n) is 3.09. The second-order valence-electron chi connectivity index (χ2n) is 7.03. The molecule has 1 aliphatic rings. The van der Waals surface area contributed by atoms with Crippen molar-refractivity contribution in [1.82, 2.24) is 24.5 Å². The first-order valence-electron chi connectivity index (χ1n) is 9.11. The number of carbonyl (C=O) groups is 2. The molecule has 0 bridgehead atoms. The number of nitrogens with zero attached hydrogens (tertiary/aromatic N) is 4. The number of imidazole rings is 1. The van der Waals surface area contributed by atoms with E-state index in [1.54, 1.807) is 17.1 Å². The van der Waals surface area contributed by atoms with Gasteiger partial charge in [-0.15, -0.1) is 0 Å². The highest BCUT2D eigenvalue weighted by Crippen LogP contribution is 2.37. The standard InChI is InChI=1S/C19H22N6O2/c1-13-8-16(13)19(27)20-6-5-18(26)23-14-9-21-25(11-14)12-15-10-24-7-3-2-4-17(24)22-15/h2-4,7,9-11,13,16H,5-6,8,12H2,1H3,(H,20,27)(H,23,26). The van der Waals surface area contributed by atoms with Gasteiger partial charge < -0.3 is 15.0 Å². The van der Waals surface area contributed by atoms with Gasteiger partial charge in [-0.2, -0.15) is 5.10 Å². The molecule has 8 heteroatoms. The number of carbonyl (C=O) groups excluding carboxylic acids is 2. The van der Waals surface area contributed by atoms with Crippen LogP contribution in [0.4, 0.5) is 5.69 Å². The van der Waals surface area contributed by atoms with Crippen molar-refractivity contribution >= 4 is 23.1 Å². The Hall–Kier alpha value is -3.16. The lowest BCUT2D eigenvalue weighted by Gasteiger charge is -2.04. The van der Waals surface area contributed by atoms with Gasteiger partial charge in [0, 0.05) is 37.5 Å². The largest absolute Gasteiger partial charge is 0.355 e. The van der Waals surface area contributed by atoms with Gasteiger partial charge in [-0.1, -0.05) is 13.0 Å². The minimum atomic E-state index is -0.147. The first-order valence-corrected chi connectivity index (χ1v) is 9.11. The molecular weight excluding hydrogens is 344 g/mol. The Morgan fingerprint density at radius 1 is 1.30 bits per heavy atom. The van der Waals surface area contributed by atoms with Crippen molar-refractivity contribution < 1.29 is 9.59 Å². The van der Waals surface area contributed by atoms with E-state index < -0.39 is 0 Å². The van der Waals surface area contributed by atoms with Crippen molar-refractivity contribution in [2.24, 2.45) is 11.8 Å². The number of hydrogen-bond donors (Lipinski definition) is 2. The average molecular weight is 366 g/mol. The van der Waals surface area contributed by atoms with Crippen LogP contribution in [0.1, 0.15) is 25.5 Å². The molecule has 1 saturated carbocycles. The first kappa shape index (κ1) is 17.3. The Balaban J connectivity index is 1.26. The summed E-state index contributed by atoms with van der Waals surface area (Å²) in [5, 5.41) is 9.88. The highest BCUT2D eigenvalue weighted by molar-refractivity contribution is 5.91. The zero-order chi connectivity index (χ0) is 18.8. The van der Waals surface area contributed by atoms with Crippen molar-refractivity contribution in [3.05, 3.63) is 48.7 Å². The lowest BCUT2D eigenvalue weighted by Crippen LogP contribution is -2.29.